The second-order valence-corrected chi connectivity index (χ2v) is 6.04. The molecule has 0 spiro atoms. The Morgan fingerprint density at radius 1 is 1.33 bits per heavy atom. The largest absolute Gasteiger partial charge is 0.0992 e. The molecular weight excluding hydrogens is 180 g/mol. The summed E-state index contributed by atoms with van der Waals surface area (Å²) in [5.74, 6) is 1.40. The van der Waals surface area contributed by atoms with Crippen LogP contribution in [0.5, 0.6) is 0 Å². The molecule has 1 saturated carbocycles. The Labute approximate surface area is 94.5 Å². The number of hydrogen-bond acceptors (Lipinski definition) is 0. The van der Waals surface area contributed by atoms with Gasteiger partial charge in [0.25, 0.3) is 0 Å². The van der Waals surface area contributed by atoms with Gasteiger partial charge in [0.1, 0.15) is 0 Å². The Hall–Kier alpha value is -0.520. The van der Waals surface area contributed by atoms with E-state index in [2.05, 4.69) is 33.4 Å². The van der Waals surface area contributed by atoms with E-state index in [4.69, 9.17) is 0 Å². The van der Waals surface area contributed by atoms with Crippen molar-refractivity contribution in [3.8, 4) is 0 Å². The normalized spacial score (nSPS) is 36.4. The van der Waals surface area contributed by atoms with Crippen LogP contribution in [0, 0.1) is 17.3 Å². The minimum atomic E-state index is 0.535. The highest BCUT2D eigenvalue weighted by atomic mass is 14.4. The molecule has 0 aromatic heterocycles. The second kappa shape index (κ2) is 3.81. The van der Waals surface area contributed by atoms with Crippen molar-refractivity contribution in [3.05, 3.63) is 23.8 Å². The Morgan fingerprint density at radius 3 is 2.73 bits per heavy atom. The van der Waals surface area contributed by atoms with Crippen LogP contribution in [0.4, 0.5) is 0 Å². The van der Waals surface area contributed by atoms with E-state index in [-0.39, 0.29) is 0 Å². The van der Waals surface area contributed by atoms with E-state index in [0.717, 1.165) is 5.92 Å². The van der Waals surface area contributed by atoms with Crippen molar-refractivity contribution in [3.63, 3.8) is 0 Å². The lowest BCUT2D eigenvalue weighted by Gasteiger charge is -2.45. The SMILES string of the molecule is C=C1CCC[C@]2(C)CCC(C(C)C)=C[C@@H]12. The zero-order valence-electron chi connectivity index (χ0n) is 10.5. The Balaban J connectivity index is 2.28. The van der Waals surface area contributed by atoms with Gasteiger partial charge in [-0.15, -0.1) is 0 Å². The zero-order valence-corrected chi connectivity index (χ0v) is 10.5. The fourth-order valence-electron chi connectivity index (χ4n) is 3.33. The summed E-state index contributed by atoms with van der Waals surface area (Å²) in [6.07, 6.45) is 9.26. The van der Waals surface area contributed by atoms with Gasteiger partial charge in [0.15, 0.2) is 0 Å². The monoisotopic (exact) mass is 204 g/mol. The first-order chi connectivity index (χ1) is 7.03. The van der Waals surface area contributed by atoms with Crippen molar-refractivity contribution in [1.29, 1.82) is 0 Å². The van der Waals surface area contributed by atoms with Gasteiger partial charge in [-0.05, 0) is 43.4 Å². The predicted molar refractivity (Wildman–Crippen MR) is 66.7 cm³/mol. The molecule has 0 heterocycles. The minimum absolute atomic E-state index is 0.535. The van der Waals surface area contributed by atoms with E-state index in [0.29, 0.717) is 11.3 Å². The summed E-state index contributed by atoms with van der Waals surface area (Å²) in [4.78, 5) is 0. The topological polar surface area (TPSA) is 0 Å². The van der Waals surface area contributed by atoms with Crippen LogP contribution < -0.4 is 0 Å². The van der Waals surface area contributed by atoms with E-state index in [1.807, 2.05) is 0 Å². The van der Waals surface area contributed by atoms with Crippen LogP contribution in [0.3, 0.4) is 0 Å². The Bertz CT molecular complexity index is 295. The van der Waals surface area contributed by atoms with E-state index >= 15 is 0 Å². The fourth-order valence-corrected chi connectivity index (χ4v) is 3.33. The highest BCUT2D eigenvalue weighted by Crippen LogP contribution is 2.51. The summed E-state index contributed by atoms with van der Waals surface area (Å²) < 4.78 is 0. The minimum Gasteiger partial charge on any atom is -0.0992 e. The molecule has 15 heavy (non-hydrogen) atoms. The number of allylic oxidation sites excluding steroid dienone is 3. The van der Waals surface area contributed by atoms with Crippen LogP contribution in [-0.4, -0.2) is 0 Å². The van der Waals surface area contributed by atoms with Crippen molar-refractivity contribution in [1.82, 2.24) is 0 Å². The zero-order chi connectivity index (χ0) is 11.1. The summed E-state index contributed by atoms with van der Waals surface area (Å²) in [7, 11) is 0. The van der Waals surface area contributed by atoms with Gasteiger partial charge in [0.2, 0.25) is 0 Å². The molecule has 0 nitrogen and oxygen atoms in total. The van der Waals surface area contributed by atoms with Gasteiger partial charge in [0, 0.05) is 5.92 Å². The molecule has 0 heteroatoms. The third-order valence-corrected chi connectivity index (χ3v) is 4.54. The maximum atomic E-state index is 4.29. The number of fused-ring (bicyclic) bond motifs is 1. The molecule has 0 N–H and O–H groups in total. The molecule has 2 aliphatic rings. The Morgan fingerprint density at radius 2 is 2.07 bits per heavy atom. The third-order valence-electron chi connectivity index (χ3n) is 4.54. The first-order valence-corrected chi connectivity index (χ1v) is 6.41. The van der Waals surface area contributed by atoms with Gasteiger partial charge in [-0.25, -0.2) is 0 Å². The number of hydrogen-bond donors (Lipinski definition) is 0. The summed E-state index contributed by atoms with van der Waals surface area (Å²) in [6, 6.07) is 0. The first kappa shape index (κ1) is 11.0. The molecule has 0 saturated heterocycles. The molecule has 0 aromatic rings. The highest BCUT2D eigenvalue weighted by Gasteiger charge is 2.39. The average molecular weight is 204 g/mol. The van der Waals surface area contributed by atoms with Crippen LogP contribution in [0.15, 0.2) is 23.8 Å². The maximum absolute atomic E-state index is 4.29. The van der Waals surface area contributed by atoms with Crippen LogP contribution >= 0.6 is 0 Å². The summed E-state index contributed by atoms with van der Waals surface area (Å²) in [5.41, 5.74) is 3.69. The standard InChI is InChI=1S/C15H24/c1-11(2)13-7-9-15(4)8-5-6-12(3)14(15)10-13/h10-11,14H,3,5-9H2,1-2,4H3/t14-,15+/m0/s1. The average Bonchev–Trinajstić information content (AvgIpc) is 2.17. The summed E-state index contributed by atoms with van der Waals surface area (Å²) in [6.45, 7) is 11.4. The van der Waals surface area contributed by atoms with E-state index in [9.17, 15) is 0 Å². The quantitative estimate of drug-likeness (QED) is 0.542. The summed E-state index contributed by atoms with van der Waals surface area (Å²) >= 11 is 0. The predicted octanol–water partition coefficient (Wildman–Crippen LogP) is 4.73. The van der Waals surface area contributed by atoms with Crippen molar-refractivity contribution in [2.45, 2.75) is 52.9 Å². The van der Waals surface area contributed by atoms with Gasteiger partial charge < -0.3 is 0 Å². The van der Waals surface area contributed by atoms with Gasteiger partial charge in [-0.2, -0.15) is 0 Å². The van der Waals surface area contributed by atoms with Crippen molar-refractivity contribution < 1.29 is 0 Å². The molecule has 2 atom stereocenters. The molecule has 2 rings (SSSR count). The van der Waals surface area contributed by atoms with E-state index in [1.54, 1.807) is 5.57 Å². The van der Waals surface area contributed by atoms with E-state index in [1.165, 1.54) is 37.7 Å². The van der Waals surface area contributed by atoms with Crippen LogP contribution in [0.25, 0.3) is 0 Å². The Kier molecular flexibility index (Phi) is 2.79. The lowest BCUT2D eigenvalue weighted by atomic mass is 9.59. The van der Waals surface area contributed by atoms with Gasteiger partial charge in [0.05, 0.1) is 0 Å². The first-order valence-electron chi connectivity index (χ1n) is 6.41. The molecular formula is C15H24. The second-order valence-electron chi connectivity index (χ2n) is 6.04. The van der Waals surface area contributed by atoms with Crippen LogP contribution in [0.1, 0.15) is 52.9 Å². The van der Waals surface area contributed by atoms with E-state index < -0.39 is 0 Å². The van der Waals surface area contributed by atoms with Crippen molar-refractivity contribution >= 4 is 0 Å². The molecule has 0 aromatic carbocycles. The molecule has 2 aliphatic carbocycles. The van der Waals surface area contributed by atoms with Gasteiger partial charge >= 0.3 is 0 Å². The van der Waals surface area contributed by atoms with Crippen molar-refractivity contribution in [2.75, 3.05) is 0 Å². The molecule has 0 amide bonds. The molecule has 0 bridgehead atoms. The van der Waals surface area contributed by atoms with Crippen molar-refractivity contribution in [2.24, 2.45) is 17.3 Å². The molecule has 1 fully saturated rings. The van der Waals surface area contributed by atoms with Gasteiger partial charge in [-0.1, -0.05) is 44.6 Å². The molecule has 0 radical (unpaired) electrons. The van der Waals surface area contributed by atoms with Gasteiger partial charge in [-0.3, -0.25) is 0 Å². The van der Waals surface area contributed by atoms with Crippen LogP contribution in [-0.2, 0) is 0 Å². The molecule has 84 valence electrons. The molecule has 0 unspecified atom stereocenters. The van der Waals surface area contributed by atoms with Crippen LogP contribution in [0.2, 0.25) is 0 Å². The highest BCUT2D eigenvalue weighted by molar-refractivity contribution is 5.25. The lowest BCUT2D eigenvalue weighted by Crippen LogP contribution is -2.34. The fraction of sp³-hybridized carbons (Fsp3) is 0.733. The number of rotatable bonds is 1. The smallest absolute Gasteiger partial charge is 0.00308 e. The third kappa shape index (κ3) is 1.91. The maximum Gasteiger partial charge on any atom is 0.00308 e. The molecule has 0 aliphatic heterocycles. The summed E-state index contributed by atoms with van der Waals surface area (Å²) in [5, 5.41) is 0. The lowest BCUT2D eigenvalue weighted by molar-refractivity contribution is 0.168.